The summed E-state index contributed by atoms with van der Waals surface area (Å²) in [5.41, 5.74) is 5.71. The Balaban J connectivity index is 2.44. The molecule has 0 radical (unpaired) electrons. The number of carbonyl (C=O) groups excluding carboxylic acids is 1. The van der Waals surface area contributed by atoms with Crippen LogP contribution in [0, 0.1) is 0 Å². The molecule has 0 aliphatic rings. The molecule has 1 amide bonds. The largest absolute Gasteiger partial charge is 0.382 e. The summed E-state index contributed by atoms with van der Waals surface area (Å²) in [5.74, 6) is 0.111. The van der Waals surface area contributed by atoms with Crippen molar-refractivity contribution in [3.63, 3.8) is 0 Å². The van der Waals surface area contributed by atoms with E-state index in [0.717, 1.165) is 6.42 Å². The van der Waals surface area contributed by atoms with Crippen LogP contribution in [0.15, 0.2) is 18.7 Å². The molecule has 1 heterocycles. The number of aromatic nitrogens is 2. The molecule has 0 saturated heterocycles. The molecule has 0 bridgehead atoms. The average Bonchev–Trinajstić information content (AvgIpc) is 2.52. The highest BCUT2D eigenvalue weighted by Gasteiger charge is 2.06. The lowest BCUT2D eigenvalue weighted by molar-refractivity contribution is 0.0949. The Morgan fingerprint density at radius 3 is 3.15 bits per heavy atom. The van der Waals surface area contributed by atoms with Gasteiger partial charge in [-0.1, -0.05) is 6.08 Å². The van der Waals surface area contributed by atoms with Crippen molar-refractivity contribution >= 4 is 11.7 Å². The lowest BCUT2D eigenvalue weighted by Crippen LogP contribution is -2.24. The van der Waals surface area contributed by atoms with Crippen LogP contribution in [-0.2, 0) is 0 Å². The zero-order valence-corrected chi connectivity index (χ0v) is 7.21. The number of H-pyrrole nitrogens is 1. The molecule has 1 aromatic rings. The molecule has 0 saturated carbocycles. The lowest BCUT2D eigenvalue weighted by Gasteiger charge is -1.99. The van der Waals surface area contributed by atoms with E-state index in [2.05, 4.69) is 22.1 Å². The smallest absolute Gasteiger partial charge is 0.269 e. The molecule has 0 spiro atoms. The van der Waals surface area contributed by atoms with Crippen LogP contribution in [0.4, 0.5) is 5.82 Å². The van der Waals surface area contributed by atoms with Gasteiger partial charge >= 0.3 is 0 Å². The summed E-state index contributed by atoms with van der Waals surface area (Å²) < 4.78 is 0. The molecule has 1 aromatic heterocycles. The Morgan fingerprint density at radius 1 is 1.85 bits per heavy atom. The summed E-state index contributed by atoms with van der Waals surface area (Å²) in [4.78, 5) is 11.3. The van der Waals surface area contributed by atoms with E-state index in [4.69, 9.17) is 5.73 Å². The van der Waals surface area contributed by atoms with Gasteiger partial charge in [0, 0.05) is 12.6 Å². The highest BCUT2D eigenvalue weighted by atomic mass is 16.1. The Morgan fingerprint density at radius 2 is 2.62 bits per heavy atom. The molecular formula is C8H12N4O. The van der Waals surface area contributed by atoms with Crippen molar-refractivity contribution in [3.8, 4) is 0 Å². The molecule has 5 heteroatoms. The fourth-order valence-corrected chi connectivity index (χ4v) is 0.837. The molecule has 1 rings (SSSR count). The van der Waals surface area contributed by atoms with Crippen molar-refractivity contribution < 1.29 is 4.79 Å². The van der Waals surface area contributed by atoms with E-state index in [1.807, 2.05) is 0 Å². The quantitative estimate of drug-likeness (QED) is 0.460. The summed E-state index contributed by atoms with van der Waals surface area (Å²) in [6.07, 6.45) is 2.48. The van der Waals surface area contributed by atoms with Gasteiger partial charge in [-0.2, -0.15) is 5.10 Å². The lowest BCUT2D eigenvalue weighted by atomic mass is 10.3. The van der Waals surface area contributed by atoms with Crippen molar-refractivity contribution in [1.29, 1.82) is 0 Å². The van der Waals surface area contributed by atoms with Gasteiger partial charge in [-0.3, -0.25) is 9.89 Å². The monoisotopic (exact) mass is 180 g/mol. The molecule has 5 nitrogen and oxygen atoms in total. The zero-order chi connectivity index (χ0) is 9.68. The van der Waals surface area contributed by atoms with Gasteiger partial charge in [0.05, 0.1) is 0 Å². The minimum Gasteiger partial charge on any atom is -0.382 e. The minimum atomic E-state index is -0.203. The van der Waals surface area contributed by atoms with Gasteiger partial charge in [-0.25, -0.2) is 0 Å². The van der Waals surface area contributed by atoms with Gasteiger partial charge in [0.1, 0.15) is 11.5 Å². The van der Waals surface area contributed by atoms with Crippen molar-refractivity contribution in [1.82, 2.24) is 15.5 Å². The summed E-state index contributed by atoms with van der Waals surface area (Å²) in [5, 5.41) is 8.83. The highest BCUT2D eigenvalue weighted by Crippen LogP contribution is 1.99. The Bertz CT molecular complexity index is 305. The van der Waals surface area contributed by atoms with E-state index in [0.29, 0.717) is 18.1 Å². The molecule has 0 aliphatic heterocycles. The van der Waals surface area contributed by atoms with Crippen molar-refractivity contribution in [2.45, 2.75) is 6.42 Å². The molecule has 70 valence electrons. The van der Waals surface area contributed by atoms with Gasteiger partial charge in [-0.15, -0.1) is 6.58 Å². The second kappa shape index (κ2) is 4.30. The third-order valence-electron chi connectivity index (χ3n) is 1.48. The van der Waals surface area contributed by atoms with E-state index in [1.54, 1.807) is 6.08 Å². The van der Waals surface area contributed by atoms with Gasteiger partial charge in [-0.05, 0) is 6.42 Å². The predicted octanol–water partition coefficient (Wildman–Crippen LogP) is 0.298. The number of amides is 1. The Hall–Kier alpha value is -1.78. The average molecular weight is 180 g/mol. The molecular weight excluding hydrogens is 168 g/mol. The maximum atomic E-state index is 11.3. The molecule has 0 atom stereocenters. The van der Waals surface area contributed by atoms with Gasteiger partial charge in [0.25, 0.3) is 5.91 Å². The standard InChI is InChI=1S/C8H12N4O/c1-2-3-4-10-8(13)6-5-7(9)12-11-6/h2,5H,1,3-4H2,(H,10,13)(H3,9,11,12). The summed E-state index contributed by atoms with van der Waals surface area (Å²) in [6.45, 7) is 4.11. The first-order valence-electron chi connectivity index (χ1n) is 3.94. The van der Waals surface area contributed by atoms with Crippen LogP contribution in [0.1, 0.15) is 16.9 Å². The van der Waals surface area contributed by atoms with E-state index in [1.165, 1.54) is 6.07 Å². The number of hydrogen-bond acceptors (Lipinski definition) is 3. The molecule has 0 unspecified atom stereocenters. The molecule has 4 N–H and O–H groups in total. The number of rotatable bonds is 4. The fraction of sp³-hybridized carbons (Fsp3) is 0.250. The van der Waals surface area contributed by atoms with Crippen molar-refractivity contribution in [2.24, 2.45) is 0 Å². The fourth-order valence-electron chi connectivity index (χ4n) is 0.837. The van der Waals surface area contributed by atoms with E-state index in [-0.39, 0.29) is 5.91 Å². The number of anilines is 1. The number of nitrogens with zero attached hydrogens (tertiary/aromatic N) is 1. The predicted molar refractivity (Wildman–Crippen MR) is 50.1 cm³/mol. The summed E-state index contributed by atoms with van der Waals surface area (Å²) in [6, 6.07) is 1.49. The van der Waals surface area contributed by atoms with E-state index >= 15 is 0 Å². The normalized spacial score (nSPS) is 9.54. The first-order chi connectivity index (χ1) is 6.24. The number of hydrogen-bond donors (Lipinski definition) is 3. The summed E-state index contributed by atoms with van der Waals surface area (Å²) in [7, 11) is 0. The van der Waals surface area contributed by atoms with Crippen LogP contribution in [-0.4, -0.2) is 22.6 Å². The first-order valence-corrected chi connectivity index (χ1v) is 3.94. The molecule has 13 heavy (non-hydrogen) atoms. The van der Waals surface area contributed by atoms with Gasteiger partial charge < -0.3 is 11.1 Å². The molecule has 0 fully saturated rings. The minimum absolute atomic E-state index is 0.203. The van der Waals surface area contributed by atoms with Crippen LogP contribution in [0.2, 0.25) is 0 Å². The van der Waals surface area contributed by atoms with Crippen LogP contribution in [0.5, 0.6) is 0 Å². The third kappa shape index (κ3) is 2.62. The van der Waals surface area contributed by atoms with Crippen LogP contribution < -0.4 is 11.1 Å². The number of nitrogens with two attached hydrogens (primary N) is 1. The van der Waals surface area contributed by atoms with E-state index < -0.39 is 0 Å². The molecule has 0 aromatic carbocycles. The molecule has 0 aliphatic carbocycles. The zero-order valence-electron chi connectivity index (χ0n) is 7.21. The van der Waals surface area contributed by atoms with E-state index in [9.17, 15) is 4.79 Å². The third-order valence-corrected chi connectivity index (χ3v) is 1.48. The number of nitrogens with one attached hydrogen (secondary N) is 2. The van der Waals surface area contributed by atoms with Crippen molar-refractivity contribution in [3.05, 3.63) is 24.4 Å². The van der Waals surface area contributed by atoms with Gasteiger partial charge in [0.15, 0.2) is 0 Å². The first kappa shape index (κ1) is 9.31. The number of nitrogen functional groups attached to an aromatic ring is 1. The number of carbonyl (C=O) groups is 1. The summed E-state index contributed by atoms with van der Waals surface area (Å²) >= 11 is 0. The topological polar surface area (TPSA) is 83.8 Å². The number of aromatic amines is 1. The van der Waals surface area contributed by atoms with Gasteiger partial charge in [0.2, 0.25) is 0 Å². The van der Waals surface area contributed by atoms with Crippen LogP contribution in [0.25, 0.3) is 0 Å². The Labute approximate surface area is 76.0 Å². The maximum absolute atomic E-state index is 11.3. The Kier molecular flexibility index (Phi) is 3.08. The maximum Gasteiger partial charge on any atom is 0.269 e. The second-order valence-electron chi connectivity index (χ2n) is 2.54. The second-order valence-corrected chi connectivity index (χ2v) is 2.54. The highest BCUT2D eigenvalue weighted by molar-refractivity contribution is 5.92. The SMILES string of the molecule is C=CCCNC(=O)c1cc(N)n[nH]1. The van der Waals surface area contributed by atoms with Crippen molar-refractivity contribution in [2.75, 3.05) is 12.3 Å². The van der Waals surface area contributed by atoms with Crippen LogP contribution in [0.3, 0.4) is 0 Å². The van der Waals surface area contributed by atoms with Crippen LogP contribution >= 0.6 is 0 Å².